The van der Waals surface area contributed by atoms with Gasteiger partial charge in [0.05, 0.1) is 0 Å². The molecule has 0 saturated heterocycles. The molecule has 2 heterocycles. The number of methoxy groups -OCH3 is 1. The van der Waals surface area contributed by atoms with Gasteiger partial charge in [-0.15, -0.1) is 0 Å². The number of H-pyrrole nitrogens is 1. The summed E-state index contributed by atoms with van der Waals surface area (Å²) in [6.07, 6.45) is 0.810. The zero-order valence-corrected chi connectivity index (χ0v) is 12.1. The first-order valence-corrected chi connectivity index (χ1v) is 6.37. The van der Waals surface area contributed by atoms with Crippen molar-refractivity contribution in [3.05, 3.63) is 20.8 Å². The lowest BCUT2D eigenvalue weighted by Crippen LogP contribution is -2.36. The largest absolute Gasteiger partial charge is 0.385 e. The highest BCUT2D eigenvalue weighted by molar-refractivity contribution is 5.72. The number of imidazole rings is 1. The molecule has 1 unspecified atom stereocenters. The fraction of sp³-hybridized carbons (Fsp3) is 0.583. The molecule has 0 fully saturated rings. The van der Waals surface area contributed by atoms with Crippen LogP contribution in [0.4, 0.5) is 5.95 Å². The van der Waals surface area contributed by atoms with Gasteiger partial charge < -0.3 is 15.0 Å². The van der Waals surface area contributed by atoms with Crippen molar-refractivity contribution in [2.75, 3.05) is 19.0 Å². The Hall–Kier alpha value is -2.09. The second-order valence-corrected chi connectivity index (χ2v) is 4.82. The second kappa shape index (κ2) is 5.49. The zero-order chi connectivity index (χ0) is 14.9. The number of fused-ring (bicyclic) bond motifs is 1. The third-order valence-corrected chi connectivity index (χ3v) is 3.23. The lowest BCUT2D eigenvalue weighted by molar-refractivity contribution is 0.191. The van der Waals surface area contributed by atoms with E-state index >= 15 is 0 Å². The average molecular weight is 281 g/mol. The van der Waals surface area contributed by atoms with Crippen LogP contribution in [0, 0.1) is 0 Å². The van der Waals surface area contributed by atoms with Crippen LogP contribution in [0.1, 0.15) is 13.3 Å². The molecular formula is C12H19N5O3. The van der Waals surface area contributed by atoms with Crippen LogP contribution in [0.3, 0.4) is 0 Å². The molecule has 0 aliphatic heterocycles. The Labute approximate surface area is 115 Å². The van der Waals surface area contributed by atoms with E-state index in [0.717, 1.165) is 11.0 Å². The Morgan fingerprint density at radius 2 is 2.05 bits per heavy atom. The van der Waals surface area contributed by atoms with Crippen molar-refractivity contribution >= 4 is 17.1 Å². The molecule has 0 spiro atoms. The maximum atomic E-state index is 12.0. The Bertz CT molecular complexity index is 727. The number of nitrogens with one attached hydrogen (secondary N) is 2. The van der Waals surface area contributed by atoms with Crippen molar-refractivity contribution in [2.45, 2.75) is 19.4 Å². The molecule has 110 valence electrons. The van der Waals surface area contributed by atoms with Gasteiger partial charge >= 0.3 is 5.69 Å². The first kappa shape index (κ1) is 14.3. The van der Waals surface area contributed by atoms with Gasteiger partial charge in [-0.1, -0.05) is 0 Å². The minimum Gasteiger partial charge on any atom is -0.385 e. The number of aryl methyl sites for hydroxylation is 1. The van der Waals surface area contributed by atoms with E-state index < -0.39 is 5.69 Å². The molecule has 0 bridgehead atoms. The highest BCUT2D eigenvalue weighted by Crippen LogP contribution is 2.10. The van der Waals surface area contributed by atoms with Crippen molar-refractivity contribution < 1.29 is 4.74 Å². The third kappa shape index (κ3) is 2.46. The number of hydrogen-bond acceptors (Lipinski definition) is 5. The molecule has 2 N–H and O–H groups in total. The number of nitrogens with zero attached hydrogens (tertiary/aromatic N) is 3. The van der Waals surface area contributed by atoms with E-state index in [1.54, 1.807) is 14.2 Å². The molecule has 2 aromatic rings. The summed E-state index contributed by atoms with van der Waals surface area (Å²) in [5.74, 6) is 0.474. The third-order valence-electron chi connectivity index (χ3n) is 3.23. The highest BCUT2D eigenvalue weighted by Gasteiger charge is 2.14. The van der Waals surface area contributed by atoms with Crippen LogP contribution in [0.25, 0.3) is 11.2 Å². The SMILES string of the molecule is COCCC(C)Nc1nc2c([nH]1)c(=O)n(C)c(=O)n2C. The maximum Gasteiger partial charge on any atom is 0.332 e. The van der Waals surface area contributed by atoms with Crippen molar-refractivity contribution in [3.8, 4) is 0 Å². The van der Waals surface area contributed by atoms with E-state index in [1.165, 1.54) is 11.6 Å². The smallest absolute Gasteiger partial charge is 0.332 e. The van der Waals surface area contributed by atoms with Crippen LogP contribution in [0.5, 0.6) is 0 Å². The summed E-state index contributed by atoms with van der Waals surface area (Å²) < 4.78 is 7.41. The standard InChI is InChI=1S/C12H19N5O3/c1-7(5-6-20-4)13-11-14-8-9(15-11)16(2)12(19)17(3)10(8)18/h7H,5-6H2,1-4H3,(H2,13,14,15). The summed E-state index contributed by atoms with van der Waals surface area (Å²) in [6.45, 7) is 2.62. The average Bonchev–Trinajstić information content (AvgIpc) is 2.84. The molecule has 0 amide bonds. The Morgan fingerprint density at radius 1 is 1.35 bits per heavy atom. The molecule has 0 aliphatic rings. The fourth-order valence-corrected chi connectivity index (χ4v) is 1.99. The number of rotatable bonds is 5. The van der Waals surface area contributed by atoms with E-state index in [-0.39, 0.29) is 11.6 Å². The highest BCUT2D eigenvalue weighted by atomic mass is 16.5. The Balaban J connectivity index is 2.39. The molecule has 8 nitrogen and oxygen atoms in total. The van der Waals surface area contributed by atoms with E-state index in [9.17, 15) is 9.59 Å². The van der Waals surface area contributed by atoms with E-state index in [0.29, 0.717) is 23.7 Å². The van der Waals surface area contributed by atoms with Crippen LogP contribution < -0.4 is 16.6 Å². The van der Waals surface area contributed by atoms with Crippen LogP contribution >= 0.6 is 0 Å². The van der Waals surface area contributed by atoms with E-state index in [1.807, 2.05) is 6.92 Å². The summed E-state index contributed by atoms with van der Waals surface area (Å²) in [5, 5.41) is 3.15. The van der Waals surface area contributed by atoms with Gasteiger partial charge in [0, 0.05) is 33.9 Å². The van der Waals surface area contributed by atoms with Gasteiger partial charge in [-0.25, -0.2) is 4.79 Å². The lowest BCUT2D eigenvalue weighted by Gasteiger charge is -2.11. The van der Waals surface area contributed by atoms with Crippen molar-refractivity contribution in [1.82, 2.24) is 19.1 Å². The molecule has 0 radical (unpaired) electrons. The maximum absolute atomic E-state index is 12.0. The zero-order valence-electron chi connectivity index (χ0n) is 12.1. The van der Waals surface area contributed by atoms with Crippen molar-refractivity contribution in [3.63, 3.8) is 0 Å². The Kier molecular flexibility index (Phi) is 3.93. The molecule has 1 atom stereocenters. The number of anilines is 1. The summed E-state index contributed by atoms with van der Waals surface area (Å²) >= 11 is 0. The second-order valence-electron chi connectivity index (χ2n) is 4.82. The van der Waals surface area contributed by atoms with Gasteiger partial charge in [0.2, 0.25) is 5.95 Å². The quantitative estimate of drug-likeness (QED) is 0.791. The number of aromatic amines is 1. The minimum atomic E-state index is -0.395. The van der Waals surface area contributed by atoms with Crippen LogP contribution in [0.2, 0.25) is 0 Å². The molecule has 0 aromatic carbocycles. The minimum absolute atomic E-state index is 0.136. The Morgan fingerprint density at radius 3 is 2.70 bits per heavy atom. The summed E-state index contributed by atoms with van der Waals surface area (Å²) in [7, 11) is 4.68. The molecule has 0 aliphatic carbocycles. The van der Waals surface area contributed by atoms with E-state index in [4.69, 9.17) is 4.74 Å². The summed E-state index contributed by atoms with van der Waals surface area (Å²) in [6, 6.07) is 0.136. The first-order valence-electron chi connectivity index (χ1n) is 6.37. The van der Waals surface area contributed by atoms with Gasteiger partial charge in [0.25, 0.3) is 5.56 Å². The van der Waals surface area contributed by atoms with Gasteiger partial charge in [0.15, 0.2) is 11.2 Å². The predicted molar refractivity (Wildman–Crippen MR) is 76.2 cm³/mol. The number of hydrogen-bond donors (Lipinski definition) is 2. The van der Waals surface area contributed by atoms with Crippen LogP contribution in [-0.4, -0.2) is 38.9 Å². The molecule has 20 heavy (non-hydrogen) atoms. The molecule has 8 heteroatoms. The summed E-state index contributed by atoms with van der Waals surface area (Å²) in [4.78, 5) is 31.0. The fourth-order valence-electron chi connectivity index (χ4n) is 1.99. The number of ether oxygens (including phenoxy) is 1. The van der Waals surface area contributed by atoms with Crippen molar-refractivity contribution in [1.29, 1.82) is 0 Å². The molecular weight excluding hydrogens is 262 g/mol. The van der Waals surface area contributed by atoms with Gasteiger partial charge in [-0.2, -0.15) is 4.98 Å². The normalized spacial score (nSPS) is 12.8. The van der Waals surface area contributed by atoms with E-state index in [2.05, 4.69) is 15.3 Å². The first-order chi connectivity index (χ1) is 9.45. The molecule has 0 saturated carbocycles. The summed E-state index contributed by atoms with van der Waals surface area (Å²) in [5.41, 5.74) is -0.114. The monoisotopic (exact) mass is 281 g/mol. The van der Waals surface area contributed by atoms with Gasteiger partial charge in [-0.3, -0.25) is 13.9 Å². The lowest BCUT2D eigenvalue weighted by atomic mass is 10.2. The van der Waals surface area contributed by atoms with Crippen LogP contribution in [0.15, 0.2) is 9.59 Å². The topological polar surface area (TPSA) is 93.9 Å². The number of aromatic nitrogens is 4. The van der Waals surface area contributed by atoms with Gasteiger partial charge in [-0.05, 0) is 13.3 Å². The molecule has 2 rings (SSSR count). The van der Waals surface area contributed by atoms with Gasteiger partial charge in [0.1, 0.15) is 0 Å². The van der Waals surface area contributed by atoms with Crippen LogP contribution in [-0.2, 0) is 18.8 Å². The molecule has 2 aromatic heterocycles. The van der Waals surface area contributed by atoms with Crippen molar-refractivity contribution in [2.24, 2.45) is 14.1 Å². The predicted octanol–water partition coefficient (Wildman–Crippen LogP) is -0.203.